The number of methoxy groups -OCH3 is 1. The highest BCUT2D eigenvalue weighted by molar-refractivity contribution is 5.80. The Kier molecular flexibility index (Phi) is 4.73. The molecule has 8 heteroatoms. The van der Waals surface area contributed by atoms with Crippen LogP contribution < -0.4 is 5.32 Å². The first kappa shape index (κ1) is 15.7. The molecule has 0 radical (unpaired) electrons. The fourth-order valence-corrected chi connectivity index (χ4v) is 2.81. The molecular weight excluding hydrogens is 298 g/mol. The molecule has 1 aliphatic heterocycles. The summed E-state index contributed by atoms with van der Waals surface area (Å²) in [6.07, 6.45) is 3.52. The molecule has 0 fully saturated rings. The molecule has 0 unspecified atom stereocenters. The quantitative estimate of drug-likeness (QED) is 0.780. The second-order valence-electron chi connectivity index (χ2n) is 5.69. The SMILES string of the molecule is COCCNC(=O)[C@@H]1CN(Cc2cc(C)on2)Cc2cncn21. The van der Waals surface area contributed by atoms with Crippen molar-refractivity contribution >= 4 is 5.91 Å². The van der Waals surface area contributed by atoms with E-state index in [1.54, 1.807) is 19.6 Å². The summed E-state index contributed by atoms with van der Waals surface area (Å²) in [6.45, 7) is 4.84. The number of hydrogen-bond acceptors (Lipinski definition) is 6. The molecular formula is C15H21N5O3. The van der Waals surface area contributed by atoms with Crippen LogP contribution >= 0.6 is 0 Å². The summed E-state index contributed by atoms with van der Waals surface area (Å²) in [5, 5.41) is 6.93. The van der Waals surface area contributed by atoms with Gasteiger partial charge >= 0.3 is 0 Å². The third kappa shape index (κ3) is 3.59. The van der Waals surface area contributed by atoms with Crippen molar-refractivity contribution in [2.24, 2.45) is 0 Å². The van der Waals surface area contributed by atoms with E-state index in [1.807, 2.05) is 17.6 Å². The van der Waals surface area contributed by atoms with Gasteiger partial charge < -0.3 is 19.1 Å². The number of hydrogen-bond donors (Lipinski definition) is 1. The number of nitrogens with zero attached hydrogens (tertiary/aromatic N) is 4. The summed E-state index contributed by atoms with van der Waals surface area (Å²) in [5.41, 5.74) is 1.89. The monoisotopic (exact) mass is 319 g/mol. The van der Waals surface area contributed by atoms with Crippen LogP contribution in [0.5, 0.6) is 0 Å². The number of carbonyl (C=O) groups is 1. The largest absolute Gasteiger partial charge is 0.383 e. The number of aromatic nitrogens is 3. The maximum absolute atomic E-state index is 12.5. The van der Waals surface area contributed by atoms with Gasteiger partial charge in [0.1, 0.15) is 11.8 Å². The molecule has 1 atom stereocenters. The van der Waals surface area contributed by atoms with Crippen LogP contribution in [0.3, 0.4) is 0 Å². The fourth-order valence-electron chi connectivity index (χ4n) is 2.81. The topological polar surface area (TPSA) is 85.4 Å². The molecule has 3 rings (SSSR count). The molecule has 1 amide bonds. The standard InChI is InChI=1S/C15H21N5O3/c1-11-5-12(18-23-11)7-19-8-13-6-16-10-20(13)14(9-19)15(21)17-3-4-22-2/h5-6,10,14H,3-4,7-9H2,1-2H3,(H,17,21)/t14-/m0/s1. The van der Waals surface area contributed by atoms with Gasteiger partial charge in [0.15, 0.2) is 0 Å². The third-order valence-electron chi connectivity index (χ3n) is 3.87. The molecule has 2 aromatic rings. The predicted octanol–water partition coefficient (Wildman–Crippen LogP) is 0.499. The van der Waals surface area contributed by atoms with Crippen molar-refractivity contribution in [3.05, 3.63) is 35.7 Å². The second kappa shape index (κ2) is 6.93. The lowest BCUT2D eigenvalue weighted by molar-refractivity contribution is -0.125. The summed E-state index contributed by atoms with van der Waals surface area (Å²) in [5.74, 6) is 0.762. The van der Waals surface area contributed by atoms with Gasteiger partial charge in [0.25, 0.3) is 0 Å². The fraction of sp³-hybridized carbons (Fsp3) is 0.533. The van der Waals surface area contributed by atoms with Crippen LogP contribution in [0, 0.1) is 6.92 Å². The Labute approximate surface area is 134 Å². The molecule has 1 N–H and O–H groups in total. The zero-order valence-corrected chi connectivity index (χ0v) is 13.4. The highest BCUT2D eigenvalue weighted by Gasteiger charge is 2.30. The smallest absolute Gasteiger partial charge is 0.244 e. The zero-order chi connectivity index (χ0) is 16.2. The Morgan fingerprint density at radius 3 is 3.17 bits per heavy atom. The summed E-state index contributed by atoms with van der Waals surface area (Å²) < 4.78 is 12.0. The number of aryl methyl sites for hydroxylation is 1. The van der Waals surface area contributed by atoms with E-state index in [9.17, 15) is 4.79 Å². The van der Waals surface area contributed by atoms with Crippen molar-refractivity contribution < 1.29 is 14.1 Å². The number of carbonyl (C=O) groups excluding carboxylic acids is 1. The summed E-state index contributed by atoms with van der Waals surface area (Å²) in [7, 11) is 1.61. The number of ether oxygens (including phenoxy) is 1. The van der Waals surface area contributed by atoms with E-state index in [1.165, 1.54) is 0 Å². The first-order valence-corrected chi connectivity index (χ1v) is 7.59. The zero-order valence-electron chi connectivity index (χ0n) is 13.4. The summed E-state index contributed by atoms with van der Waals surface area (Å²) >= 11 is 0. The molecule has 0 aromatic carbocycles. The average Bonchev–Trinajstić information content (AvgIpc) is 3.15. The molecule has 3 heterocycles. The summed E-state index contributed by atoms with van der Waals surface area (Å²) in [4.78, 5) is 18.8. The maximum Gasteiger partial charge on any atom is 0.244 e. The van der Waals surface area contributed by atoms with Crippen molar-refractivity contribution in [2.75, 3.05) is 26.8 Å². The molecule has 0 saturated carbocycles. The highest BCUT2D eigenvalue weighted by Crippen LogP contribution is 2.22. The van der Waals surface area contributed by atoms with Crippen molar-refractivity contribution in [1.82, 2.24) is 24.9 Å². The van der Waals surface area contributed by atoms with Crippen LogP contribution in [0.1, 0.15) is 23.2 Å². The lowest BCUT2D eigenvalue weighted by Crippen LogP contribution is -2.44. The molecule has 1 aliphatic rings. The van der Waals surface area contributed by atoms with E-state index < -0.39 is 0 Å². The Morgan fingerprint density at radius 1 is 1.57 bits per heavy atom. The molecule has 0 bridgehead atoms. The van der Waals surface area contributed by atoms with Gasteiger partial charge in [-0.25, -0.2) is 4.98 Å². The van der Waals surface area contributed by atoms with E-state index in [0.29, 0.717) is 26.2 Å². The van der Waals surface area contributed by atoms with Gasteiger partial charge in [-0.1, -0.05) is 5.16 Å². The molecule has 124 valence electrons. The second-order valence-corrected chi connectivity index (χ2v) is 5.69. The molecule has 8 nitrogen and oxygen atoms in total. The number of rotatable bonds is 6. The van der Waals surface area contributed by atoms with Crippen molar-refractivity contribution in [1.29, 1.82) is 0 Å². The Morgan fingerprint density at radius 2 is 2.43 bits per heavy atom. The highest BCUT2D eigenvalue weighted by atomic mass is 16.5. The first-order valence-electron chi connectivity index (χ1n) is 7.59. The number of nitrogens with one attached hydrogen (secondary N) is 1. The van der Waals surface area contributed by atoms with Crippen LogP contribution in [-0.2, 0) is 22.6 Å². The molecule has 2 aromatic heterocycles. The van der Waals surface area contributed by atoms with Gasteiger partial charge in [0, 0.05) is 45.6 Å². The van der Waals surface area contributed by atoms with Crippen LogP contribution in [0.2, 0.25) is 0 Å². The Balaban J connectivity index is 1.70. The van der Waals surface area contributed by atoms with Crippen LogP contribution in [0.4, 0.5) is 0 Å². The van der Waals surface area contributed by atoms with Crippen molar-refractivity contribution in [3.63, 3.8) is 0 Å². The van der Waals surface area contributed by atoms with Gasteiger partial charge in [-0.3, -0.25) is 9.69 Å². The molecule has 0 saturated heterocycles. The van der Waals surface area contributed by atoms with Gasteiger partial charge in [-0.15, -0.1) is 0 Å². The van der Waals surface area contributed by atoms with E-state index in [4.69, 9.17) is 9.26 Å². The van der Waals surface area contributed by atoms with Gasteiger partial charge in [0.2, 0.25) is 5.91 Å². The van der Waals surface area contributed by atoms with Gasteiger partial charge in [-0.05, 0) is 6.92 Å². The number of imidazole rings is 1. The minimum atomic E-state index is -0.300. The average molecular weight is 319 g/mol. The molecule has 0 spiro atoms. The number of fused-ring (bicyclic) bond motifs is 1. The van der Waals surface area contributed by atoms with Crippen molar-refractivity contribution in [2.45, 2.75) is 26.1 Å². The van der Waals surface area contributed by atoms with E-state index in [2.05, 4.69) is 20.4 Å². The van der Waals surface area contributed by atoms with E-state index >= 15 is 0 Å². The predicted molar refractivity (Wildman–Crippen MR) is 81.5 cm³/mol. The normalized spacial score (nSPS) is 17.9. The Hall–Kier alpha value is -2.19. The lowest BCUT2D eigenvalue weighted by Gasteiger charge is -2.33. The third-order valence-corrected chi connectivity index (χ3v) is 3.87. The van der Waals surface area contributed by atoms with Crippen molar-refractivity contribution in [3.8, 4) is 0 Å². The van der Waals surface area contributed by atoms with Gasteiger partial charge in [0.05, 0.1) is 24.3 Å². The maximum atomic E-state index is 12.5. The van der Waals surface area contributed by atoms with E-state index in [0.717, 1.165) is 23.7 Å². The minimum absolute atomic E-state index is 0.0256. The molecule has 23 heavy (non-hydrogen) atoms. The van der Waals surface area contributed by atoms with Crippen LogP contribution in [0.15, 0.2) is 23.1 Å². The van der Waals surface area contributed by atoms with Crippen LogP contribution in [0.25, 0.3) is 0 Å². The van der Waals surface area contributed by atoms with Gasteiger partial charge in [-0.2, -0.15) is 0 Å². The lowest BCUT2D eigenvalue weighted by atomic mass is 10.1. The number of amides is 1. The summed E-state index contributed by atoms with van der Waals surface area (Å²) in [6, 6.07) is 1.62. The first-order chi connectivity index (χ1) is 11.2. The molecule has 0 aliphatic carbocycles. The Bertz CT molecular complexity index is 666. The van der Waals surface area contributed by atoms with Crippen LogP contribution in [-0.4, -0.2) is 52.3 Å². The minimum Gasteiger partial charge on any atom is -0.383 e. The van der Waals surface area contributed by atoms with E-state index in [-0.39, 0.29) is 11.9 Å².